The second-order valence-electron chi connectivity index (χ2n) is 4.35. The summed E-state index contributed by atoms with van der Waals surface area (Å²) in [6.45, 7) is 0. The molecule has 1 aliphatic rings. The van der Waals surface area contributed by atoms with Crippen molar-refractivity contribution in [3.8, 4) is 0 Å². The zero-order valence-corrected chi connectivity index (χ0v) is 10.4. The first-order chi connectivity index (χ1) is 7.51. The maximum atomic E-state index is 13.4. The Balaban J connectivity index is 2.14. The van der Waals surface area contributed by atoms with E-state index in [4.69, 9.17) is 5.73 Å². The highest BCUT2D eigenvalue weighted by Crippen LogP contribution is 2.31. The van der Waals surface area contributed by atoms with Crippen molar-refractivity contribution in [1.29, 1.82) is 0 Å². The molecule has 0 aliphatic heterocycles. The molecule has 2 N–H and O–H groups in total. The van der Waals surface area contributed by atoms with E-state index >= 15 is 0 Å². The largest absolute Gasteiger partial charge is 0.319 e. The van der Waals surface area contributed by atoms with Gasteiger partial charge in [0.25, 0.3) is 0 Å². The highest BCUT2D eigenvalue weighted by molar-refractivity contribution is 9.10. The molecule has 0 saturated heterocycles. The summed E-state index contributed by atoms with van der Waals surface area (Å²) in [5.41, 5.74) is 5.61. The number of carbonyl (C=O) groups is 1. The Bertz CT molecular complexity index is 429. The van der Waals surface area contributed by atoms with E-state index in [9.17, 15) is 9.18 Å². The quantitative estimate of drug-likeness (QED) is 0.928. The SMILES string of the molecule is NC1(C(=O)Cc2cc(Br)ccc2F)CCC1. The number of carbonyl (C=O) groups excluding carboxylic acids is 1. The Hall–Kier alpha value is -0.740. The standard InChI is InChI=1S/C12H13BrFNO/c13-9-2-3-10(14)8(6-9)7-11(16)12(15)4-1-5-12/h2-3,6H,1,4-5,7,15H2. The molecular weight excluding hydrogens is 273 g/mol. The third-order valence-electron chi connectivity index (χ3n) is 3.16. The third-order valence-corrected chi connectivity index (χ3v) is 3.65. The van der Waals surface area contributed by atoms with Gasteiger partial charge in [0.05, 0.1) is 5.54 Å². The van der Waals surface area contributed by atoms with Crippen LogP contribution < -0.4 is 5.73 Å². The van der Waals surface area contributed by atoms with Gasteiger partial charge >= 0.3 is 0 Å². The summed E-state index contributed by atoms with van der Waals surface area (Å²) in [5, 5.41) is 0. The van der Waals surface area contributed by atoms with Crippen LogP contribution in [0.3, 0.4) is 0 Å². The molecule has 0 aromatic heterocycles. The van der Waals surface area contributed by atoms with E-state index in [1.807, 2.05) is 0 Å². The van der Waals surface area contributed by atoms with Gasteiger partial charge in [-0.2, -0.15) is 0 Å². The summed E-state index contributed by atoms with van der Waals surface area (Å²) >= 11 is 3.26. The van der Waals surface area contributed by atoms with E-state index in [0.717, 1.165) is 23.7 Å². The summed E-state index contributed by atoms with van der Waals surface area (Å²) < 4.78 is 14.2. The van der Waals surface area contributed by atoms with E-state index in [1.165, 1.54) is 6.07 Å². The number of nitrogens with two attached hydrogens (primary N) is 1. The minimum Gasteiger partial charge on any atom is -0.319 e. The maximum absolute atomic E-state index is 13.4. The van der Waals surface area contributed by atoms with Crippen molar-refractivity contribution in [2.75, 3.05) is 0 Å². The maximum Gasteiger partial charge on any atom is 0.157 e. The minimum absolute atomic E-state index is 0.0595. The number of benzene rings is 1. The fraction of sp³-hybridized carbons (Fsp3) is 0.417. The van der Waals surface area contributed by atoms with Gasteiger partial charge in [0.1, 0.15) is 5.82 Å². The van der Waals surface area contributed by atoms with Crippen LogP contribution in [0.25, 0.3) is 0 Å². The van der Waals surface area contributed by atoms with Crippen LogP contribution in [0.1, 0.15) is 24.8 Å². The van der Waals surface area contributed by atoms with Gasteiger partial charge < -0.3 is 5.73 Å². The molecule has 1 saturated carbocycles. The number of rotatable bonds is 3. The summed E-state index contributed by atoms with van der Waals surface area (Å²) in [7, 11) is 0. The van der Waals surface area contributed by atoms with Crippen molar-refractivity contribution in [1.82, 2.24) is 0 Å². The molecule has 16 heavy (non-hydrogen) atoms. The van der Waals surface area contributed by atoms with Crippen LogP contribution in [-0.2, 0) is 11.2 Å². The van der Waals surface area contributed by atoms with Gasteiger partial charge in [-0.3, -0.25) is 4.79 Å². The van der Waals surface area contributed by atoms with Gasteiger partial charge in [0, 0.05) is 10.9 Å². The molecule has 1 aromatic rings. The molecule has 1 fully saturated rings. The van der Waals surface area contributed by atoms with Crippen molar-refractivity contribution < 1.29 is 9.18 Å². The molecule has 1 aliphatic carbocycles. The van der Waals surface area contributed by atoms with Crippen molar-refractivity contribution in [2.45, 2.75) is 31.2 Å². The zero-order valence-electron chi connectivity index (χ0n) is 8.80. The van der Waals surface area contributed by atoms with Gasteiger partial charge in [0.15, 0.2) is 5.78 Å². The number of hydrogen-bond donors (Lipinski definition) is 1. The van der Waals surface area contributed by atoms with Gasteiger partial charge in [-0.1, -0.05) is 15.9 Å². The lowest BCUT2D eigenvalue weighted by molar-refractivity contribution is -0.126. The van der Waals surface area contributed by atoms with Crippen LogP contribution in [0.15, 0.2) is 22.7 Å². The lowest BCUT2D eigenvalue weighted by Gasteiger charge is -2.36. The molecule has 4 heteroatoms. The summed E-state index contributed by atoms with van der Waals surface area (Å²) in [6, 6.07) is 4.61. The summed E-state index contributed by atoms with van der Waals surface area (Å²) in [5.74, 6) is -0.407. The number of hydrogen-bond acceptors (Lipinski definition) is 2. The molecule has 2 nitrogen and oxygen atoms in total. The summed E-state index contributed by atoms with van der Waals surface area (Å²) in [4.78, 5) is 11.9. The number of ketones is 1. The average molecular weight is 286 g/mol. The van der Waals surface area contributed by atoms with E-state index in [1.54, 1.807) is 12.1 Å². The van der Waals surface area contributed by atoms with Crippen LogP contribution in [0, 0.1) is 5.82 Å². The lowest BCUT2D eigenvalue weighted by Crippen LogP contribution is -2.54. The van der Waals surface area contributed by atoms with E-state index in [2.05, 4.69) is 15.9 Å². The van der Waals surface area contributed by atoms with Crippen LogP contribution in [-0.4, -0.2) is 11.3 Å². The molecule has 0 amide bonds. The minimum atomic E-state index is -0.700. The van der Waals surface area contributed by atoms with Gasteiger partial charge in [-0.15, -0.1) is 0 Å². The monoisotopic (exact) mass is 285 g/mol. The average Bonchev–Trinajstić information content (AvgIpc) is 2.20. The lowest BCUT2D eigenvalue weighted by atomic mass is 9.73. The molecule has 0 atom stereocenters. The van der Waals surface area contributed by atoms with Crippen LogP contribution in [0.5, 0.6) is 0 Å². The van der Waals surface area contributed by atoms with E-state index < -0.39 is 5.54 Å². The Morgan fingerprint density at radius 1 is 1.50 bits per heavy atom. The first-order valence-corrected chi connectivity index (χ1v) is 6.07. The van der Waals surface area contributed by atoms with Crippen LogP contribution in [0.4, 0.5) is 4.39 Å². The molecule has 0 bridgehead atoms. The molecule has 0 unspecified atom stereocenters. The van der Waals surface area contributed by atoms with Crippen LogP contribution in [0.2, 0.25) is 0 Å². The molecular formula is C12H13BrFNO. The molecule has 0 radical (unpaired) electrons. The molecule has 1 aromatic carbocycles. The van der Waals surface area contributed by atoms with Gasteiger partial charge in [-0.05, 0) is 43.0 Å². The summed E-state index contributed by atoms with van der Waals surface area (Å²) in [6.07, 6.45) is 2.52. The first kappa shape index (κ1) is 11.7. The number of Topliss-reactive ketones (excluding diaryl/α,β-unsaturated/α-hetero) is 1. The Morgan fingerprint density at radius 2 is 2.19 bits per heavy atom. The van der Waals surface area contributed by atoms with Gasteiger partial charge in [0.2, 0.25) is 0 Å². The second kappa shape index (κ2) is 4.26. The van der Waals surface area contributed by atoms with Crippen molar-refractivity contribution >= 4 is 21.7 Å². The highest BCUT2D eigenvalue weighted by Gasteiger charge is 2.39. The Kier molecular flexibility index (Phi) is 3.13. The second-order valence-corrected chi connectivity index (χ2v) is 5.26. The molecule has 2 rings (SSSR count). The zero-order chi connectivity index (χ0) is 11.8. The molecule has 86 valence electrons. The predicted octanol–water partition coefficient (Wildman–Crippen LogP) is 2.58. The van der Waals surface area contributed by atoms with Crippen molar-refractivity contribution in [3.05, 3.63) is 34.1 Å². The third kappa shape index (κ3) is 2.18. The highest BCUT2D eigenvalue weighted by atomic mass is 79.9. The first-order valence-electron chi connectivity index (χ1n) is 5.27. The normalized spacial score (nSPS) is 17.9. The van der Waals surface area contributed by atoms with Crippen LogP contribution >= 0.6 is 15.9 Å². The Morgan fingerprint density at radius 3 is 2.75 bits per heavy atom. The topological polar surface area (TPSA) is 43.1 Å². The molecule has 0 heterocycles. The van der Waals surface area contributed by atoms with Crippen molar-refractivity contribution in [2.24, 2.45) is 5.73 Å². The fourth-order valence-corrected chi connectivity index (χ4v) is 2.27. The predicted molar refractivity (Wildman–Crippen MR) is 63.6 cm³/mol. The Labute approximate surface area is 102 Å². The van der Waals surface area contributed by atoms with Crippen molar-refractivity contribution in [3.63, 3.8) is 0 Å². The van der Waals surface area contributed by atoms with Gasteiger partial charge in [-0.25, -0.2) is 4.39 Å². The molecule has 0 spiro atoms. The van der Waals surface area contributed by atoms with E-state index in [0.29, 0.717) is 5.56 Å². The fourth-order valence-electron chi connectivity index (χ4n) is 1.86. The number of halogens is 2. The smallest absolute Gasteiger partial charge is 0.157 e. The van der Waals surface area contributed by atoms with E-state index in [-0.39, 0.29) is 18.0 Å².